The van der Waals surface area contributed by atoms with Crippen molar-refractivity contribution in [3.63, 3.8) is 0 Å². The SMILES string of the molecule is CC1CCC(C(=O)C2CCOC2C)CC1. The molecule has 0 radical (unpaired) electrons. The predicted octanol–water partition coefficient (Wildman–Crippen LogP) is 2.81. The Morgan fingerprint density at radius 1 is 1.07 bits per heavy atom. The maximum Gasteiger partial charge on any atom is 0.141 e. The summed E-state index contributed by atoms with van der Waals surface area (Å²) >= 11 is 0. The summed E-state index contributed by atoms with van der Waals surface area (Å²) in [5, 5.41) is 0. The molecular formula is C13H22O2. The molecule has 0 bridgehead atoms. The molecule has 2 atom stereocenters. The molecule has 0 N–H and O–H groups in total. The Hall–Kier alpha value is -0.370. The highest BCUT2D eigenvalue weighted by Crippen LogP contribution is 2.33. The van der Waals surface area contributed by atoms with E-state index in [0.717, 1.165) is 31.8 Å². The van der Waals surface area contributed by atoms with E-state index < -0.39 is 0 Å². The van der Waals surface area contributed by atoms with Crippen molar-refractivity contribution in [2.75, 3.05) is 6.61 Å². The van der Waals surface area contributed by atoms with Crippen LogP contribution in [0, 0.1) is 17.8 Å². The van der Waals surface area contributed by atoms with Crippen LogP contribution in [0.1, 0.15) is 46.0 Å². The Morgan fingerprint density at radius 2 is 1.73 bits per heavy atom. The quantitative estimate of drug-likeness (QED) is 0.700. The van der Waals surface area contributed by atoms with Crippen LogP contribution >= 0.6 is 0 Å². The standard InChI is InChI=1S/C13H22O2/c1-9-3-5-11(6-4-9)13(14)12-7-8-15-10(12)2/h9-12H,3-8H2,1-2H3. The maximum atomic E-state index is 12.2. The second-order valence-corrected chi connectivity index (χ2v) is 5.33. The van der Waals surface area contributed by atoms with Gasteiger partial charge < -0.3 is 4.74 Å². The average Bonchev–Trinajstić information content (AvgIpc) is 2.65. The van der Waals surface area contributed by atoms with Crippen LogP contribution in [0.5, 0.6) is 0 Å². The van der Waals surface area contributed by atoms with Crippen LogP contribution in [0.3, 0.4) is 0 Å². The van der Waals surface area contributed by atoms with Crippen LogP contribution < -0.4 is 0 Å². The molecule has 0 aromatic rings. The van der Waals surface area contributed by atoms with Crippen molar-refractivity contribution in [1.29, 1.82) is 0 Å². The fourth-order valence-corrected chi connectivity index (χ4v) is 2.95. The fraction of sp³-hybridized carbons (Fsp3) is 0.923. The van der Waals surface area contributed by atoms with Crippen LogP contribution in [0.25, 0.3) is 0 Å². The van der Waals surface area contributed by atoms with E-state index in [4.69, 9.17) is 4.74 Å². The van der Waals surface area contributed by atoms with Crippen molar-refractivity contribution in [2.45, 2.75) is 52.1 Å². The maximum absolute atomic E-state index is 12.2. The first-order chi connectivity index (χ1) is 7.18. The van der Waals surface area contributed by atoms with Crippen LogP contribution in [0.15, 0.2) is 0 Å². The van der Waals surface area contributed by atoms with Gasteiger partial charge in [0.25, 0.3) is 0 Å². The molecule has 1 saturated carbocycles. The zero-order valence-electron chi connectivity index (χ0n) is 9.87. The van der Waals surface area contributed by atoms with E-state index >= 15 is 0 Å². The highest BCUT2D eigenvalue weighted by atomic mass is 16.5. The van der Waals surface area contributed by atoms with Crippen LogP contribution in [0.2, 0.25) is 0 Å². The number of carbonyl (C=O) groups excluding carboxylic acids is 1. The number of Topliss-reactive ketones (excluding diaryl/α,β-unsaturated/α-hetero) is 1. The van der Waals surface area contributed by atoms with Crippen molar-refractivity contribution in [1.82, 2.24) is 0 Å². The highest BCUT2D eigenvalue weighted by Gasteiger charge is 2.35. The molecule has 2 rings (SSSR count). The molecule has 2 heteroatoms. The van der Waals surface area contributed by atoms with E-state index in [1.165, 1.54) is 12.8 Å². The van der Waals surface area contributed by atoms with Gasteiger partial charge in [-0.3, -0.25) is 4.79 Å². The van der Waals surface area contributed by atoms with Gasteiger partial charge in [0.2, 0.25) is 0 Å². The molecular weight excluding hydrogens is 188 g/mol. The number of hydrogen-bond acceptors (Lipinski definition) is 2. The lowest BCUT2D eigenvalue weighted by Crippen LogP contribution is -2.30. The molecule has 1 aliphatic carbocycles. The third kappa shape index (κ3) is 2.41. The van der Waals surface area contributed by atoms with E-state index in [9.17, 15) is 4.79 Å². The largest absolute Gasteiger partial charge is 0.378 e. The van der Waals surface area contributed by atoms with Crippen LogP contribution in [-0.2, 0) is 9.53 Å². The molecule has 2 aliphatic rings. The molecule has 0 spiro atoms. The van der Waals surface area contributed by atoms with Gasteiger partial charge in [0.05, 0.1) is 6.10 Å². The molecule has 0 amide bonds. The predicted molar refractivity (Wildman–Crippen MR) is 59.7 cm³/mol. The number of carbonyl (C=O) groups is 1. The number of rotatable bonds is 2. The first kappa shape index (κ1) is 11.1. The summed E-state index contributed by atoms with van der Waals surface area (Å²) in [6.45, 7) is 5.11. The van der Waals surface area contributed by atoms with Crippen molar-refractivity contribution >= 4 is 5.78 Å². The fourth-order valence-electron chi connectivity index (χ4n) is 2.95. The number of hydrogen-bond donors (Lipinski definition) is 0. The molecule has 2 unspecified atom stereocenters. The molecule has 1 heterocycles. The molecule has 2 nitrogen and oxygen atoms in total. The zero-order valence-corrected chi connectivity index (χ0v) is 9.87. The Bertz CT molecular complexity index is 229. The van der Waals surface area contributed by atoms with Gasteiger partial charge in [-0.1, -0.05) is 19.8 Å². The normalized spacial score (nSPS) is 41.7. The van der Waals surface area contributed by atoms with Gasteiger partial charge in [-0.2, -0.15) is 0 Å². The van der Waals surface area contributed by atoms with E-state index in [0.29, 0.717) is 11.7 Å². The van der Waals surface area contributed by atoms with Crippen molar-refractivity contribution in [3.05, 3.63) is 0 Å². The van der Waals surface area contributed by atoms with E-state index in [1.807, 2.05) is 6.92 Å². The molecule has 0 aromatic carbocycles. The van der Waals surface area contributed by atoms with Gasteiger partial charge in [0.1, 0.15) is 5.78 Å². The Morgan fingerprint density at radius 3 is 2.27 bits per heavy atom. The summed E-state index contributed by atoms with van der Waals surface area (Å²) in [5.74, 6) is 1.86. The minimum absolute atomic E-state index is 0.164. The third-order valence-electron chi connectivity index (χ3n) is 4.16. The Labute approximate surface area is 92.4 Å². The number of ketones is 1. The lowest BCUT2D eigenvalue weighted by molar-refractivity contribution is -0.129. The van der Waals surface area contributed by atoms with Gasteiger partial charge in [-0.05, 0) is 32.1 Å². The average molecular weight is 210 g/mol. The highest BCUT2D eigenvalue weighted by molar-refractivity contribution is 5.84. The Kier molecular flexibility index (Phi) is 3.45. The van der Waals surface area contributed by atoms with E-state index in [-0.39, 0.29) is 12.0 Å². The zero-order chi connectivity index (χ0) is 10.8. The first-order valence-corrected chi connectivity index (χ1v) is 6.34. The van der Waals surface area contributed by atoms with Gasteiger partial charge >= 0.3 is 0 Å². The molecule has 2 fully saturated rings. The van der Waals surface area contributed by atoms with Crippen LogP contribution in [-0.4, -0.2) is 18.5 Å². The van der Waals surface area contributed by atoms with E-state index in [1.54, 1.807) is 0 Å². The second-order valence-electron chi connectivity index (χ2n) is 5.33. The first-order valence-electron chi connectivity index (χ1n) is 6.34. The smallest absolute Gasteiger partial charge is 0.141 e. The van der Waals surface area contributed by atoms with Gasteiger partial charge in [0, 0.05) is 18.4 Å². The molecule has 15 heavy (non-hydrogen) atoms. The summed E-state index contributed by atoms with van der Waals surface area (Å²) in [7, 11) is 0. The van der Waals surface area contributed by atoms with E-state index in [2.05, 4.69) is 6.92 Å². The minimum Gasteiger partial charge on any atom is -0.378 e. The van der Waals surface area contributed by atoms with Crippen molar-refractivity contribution < 1.29 is 9.53 Å². The summed E-state index contributed by atoms with van der Waals surface area (Å²) in [6.07, 6.45) is 5.81. The minimum atomic E-state index is 0.164. The summed E-state index contributed by atoms with van der Waals surface area (Å²) in [5.41, 5.74) is 0. The summed E-state index contributed by atoms with van der Waals surface area (Å²) < 4.78 is 5.48. The van der Waals surface area contributed by atoms with Crippen molar-refractivity contribution in [3.8, 4) is 0 Å². The molecule has 0 aromatic heterocycles. The third-order valence-corrected chi connectivity index (χ3v) is 4.16. The molecule has 86 valence electrons. The topological polar surface area (TPSA) is 26.3 Å². The second kappa shape index (κ2) is 4.65. The van der Waals surface area contributed by atoms with Crippen LogP contribution in [0.4, 0.5) is 0 Å². The van der Waals surface area contributed by atoms with Gasteiger partial charge in [-0.25, -0.2) is 0 Å². The van der Waals surface area contributed by atoms with Gasteiger partial charge in [0.15, 0.2) is 0 Å². The van der Waals surface area contributed by atoms with Crippen molar-refractivity contribution in [2.24, 2.45) is 17.8 Å². The monoisotopic (exact) mass is 210 g/mol. The van der Waals surface area contributed by atoms with Gasteiger partial charge in [-0.15, -0.1) is 0 Å². The molecule has 1 saturated heterocycles. The Balaban J connectivity index is 1.90. The lowest BCUT2D eigenvalue weighted by atomic mass is 9.77. The molecule has 1 aliphatic heterocycles. The summed E-state index contributed by atoms with van der Waals surface area (Å²) in [6, 6.07) is 0. The lowest BCUT2D eigenvalue weighted by Gasteiger charge is -2.27. The summed E-state index contributed by atoms with van der Waals surface area (Å²) in [4.78, 5) is 12.2. The number of ether oxygens (including phenoxy) is 1.